The number of aryl methyl sites for hydroxylation is 1. The van der Waals surface area contributed by atoms with Gasteiger partial charge >= 0.3 is 0 Å². The number of aromatic nitrogens is 2. The molecule has 0 saturated carbocycles. The molecule has 1 aromatic heterocycles. The molecule has 0 aliphatic carbocycles. The number of Topliss-reactive ketones (excluding diaryl/α,β-unsaturated/α-hetero) is 1. The maximum atomic E-state index is 12.4. The second-order valence-corrected chi connectivity index (χ2v) is 8.53. The summed E-state index contributed by atoms with van der Waals surface area (Å²) in [5.74, 6) is 1.41. The van der Waals surface area contributed by atoms with Gasteiger partial charge in [-0.25, -0.2) is 0 Å². The smallest absolute Gasteiger partial charge is 0.277 e. The first-order valence-corrected chi connectivity index (χ1v) is 10.1. The standard InChI is InChI=1S/C22H24N2O3S/c1-15-6-5-7-18(12-15)26-13-20-23-24-21(27-20)28-14-19(25)16-8-10-17(11-9-16)22(2,3)4/h5-12H,13-14H2,1-4H3. The predicted molar refractivity (Wildman–Crippen MR) is 110 cm³/mol. The molecule has 0 bridgehead atoms. The lowest BCUT2D eigenvalue weighted by atomic mass is 9.86. The molecule has 1 heterocycles. The van der Waals surface area contributed by atoms with Crippen LogP contribution in [0.5, 0.6) is 5.75 Å². The summed E-state index contributed by atoms with van der Waals surface area (Å²) in [6.45, 7) is 8.64. The van der Waals surface area contributed by atoms with E-state index in [9.17, 15) is 4.79 Å². The summed E-state index contributed by atoms with van der Waals surface area (Å²) >= 11 is 1.23. The fraction of sp³-hybridized carbons (Fsp3) is 0.318. The molecule has 0 atom stereocenters. The summed E-state index contributed by atoms with van der Waals surface area (Å²) in [6.07, 6.45) is 0. The molecular weight excluding hydrogens is 372 g/mol. The molecule has 3 rings (SSSR count). The molecule has 3 aromatic rings. The Labute approximate surface area is 169 Å². The van der Waals surface area contributed by atoms with Crippen LogP contribution in [-0.2, 0) is 12.0 Å². The summed E-state index contributed by atoms with van der Waals surface area (Å²) in [4.78, 5) is 12.4. The van der Waals surface area contributed by atoms with E-state index in [0.717, 1.165) is 11.3 Å². The lowest BCUT2D eigenvalue weighted by molar-refractivity contribution is 0.102. The number of nitrogens with zero attached hydrogens (tertiary/aromatic N) is 2. The minimum atomic E-state index is 0.0289. The van der Waals surface area contributed by atoms with Crippen LogP contribution < -0.4 is 4.74 Å². The van der Waals surface area contributed by atoms with Crippen LogP contribution in [0.4, 0.5) is 0 Å². The number of ketones is 1. The third kappa shape index (κ3) is 5.45. The zero-order valence-corrected chi connectivity index (χ0v) is 17.4. The van der Waals surface area contributed by atoms with Gasteiger partial charge in [0, 0.05) is 5.56 Å². The molecule has 0 saturated heterocycles. The van der Waals surface area contributed by atoms with Crippen LogP contribution in [0.25, 0.3) is 0 Å². The van der Waals surface area contributed by atoms with Crippen molar-refractivity contribution in [2.45, 2.75) is 44.9 Å². The maximum absolute atomic E-state index is 12.4. The minimum Gasteiger partial charge on any atom is -0.484 e. The number of thioether (sulfide) groups is 1. The molecular formula is C22H24N2O3S. The topological polar surface area (TPSA) is 65.2 Å². The van der Waals surface area contributed by atoms with Gasteiger partial charge in [0.05, 0.1) is 5.75 Å². The summed E-state index contributed by atoms with van der Waals surface area (Å²) in [5, 5.41) is 8.30. The number of benzene rings is 2. The van der Waals surface area contributed by atoms with Crippen molar-refractivity contribution in [2.75, 3.05) is 5.75 Å². The normalized spacial score (nSPS) is 11.4. The van der Waals surface area contributed by atoms with Gasteiger partial charge in [-0.05, 0) is 35.6 Å². The molecule has 146 valence electrons. The van der Waals surface area contributed by atoms with Crippen LogP contribution in [-0.4, -0.2) is 21.7 Å². The monoisotopic (exact) mass is 396 g/mol. The Morgan fingerprint density at radius 1 is 1.11 bits per heavy atom. The van der Waals surface area contributed by atoms with Crippen molar-refractivity contribution in [1.29, 1.82) is 0 Å². The number of carbonyl (C=O) groups is 1. The maximum Gasteiger partial charge on any atom is 0.277 e. The molecule has 0 unspecified atom stereocenters. The zero-order valence-electron chi connectivity index (χ0n) is 16.6. The van der Waals surface area contributed by atoms with E-state index in [2.05, 4.69) is 31.0 Å². The van der Waals surface area contributed by atoms with E-state index < -0.39 is 0 Å². The van der Waals surface area contributed by atoms with E-state index in [0.29, 0.717) is 16.7 Å². The van der Waals surface area contributed by atoms with Gasteiger partial charge in [-0.1, -0.05) is 68.9 Å². The molecule has 0 spiro atoms. The highest BCUT2D eigenvalue weighted by Gasteiger charge is 2.15. The van der Waals surface area contributed by atoms with Crippen LogP contribution in [0, 0.1) is 6.92 Å². The van der Waals surface area contributed by atoms with Gasteiger partial charge in [0.15, 0.2) is 12.4 Å². The fourth-order valence-electron chi connectivity index (χ4n) is 2.57. The summed E-state index contributed by atoms with van der Waals surface area (Å²) in [5.41, 5.74) is 3.07. The van der Waals surface area contributed by atoms with Gasteiger partial charge in [0.25, 0.3) is 11.1 Å². The first-order valence-electron chi connectivity index (χ1n) is 9.10. The van der Waals surface area contributed by atoms with E-state index in [1.54, 1.807) is 0 Å². The molecule has 0 aliphatic heterocycles. The first kappa shape index (κ1) is 20.1. The predicted octanol–water partition coefficient (Wildman–Crippen LogP) is 5.23. The van der Waals surface area contributed by atoms with E-state index in [-0.39, 0.29) is 23.6 Å². The number of hydrogen-bond donors (Lipinski definition) is 0. The molecule has 5 nitrogen and oxygen atoms in total. The highest BCUT2D eigenvalue weighted by atomic mass is 32.2. The van der Waals surface area contributed by atoms with Crippen molar-refractivity contribution in [3.8, 4) is 5.75 Å². The SMILES string of the molecule is Cc1cccc(OCc2nnc(SCC(=O)c3ccc(C(C)(C)C)cc3)o2)c1. The average Bonchev–Trinajstić information content (AvgIpc) is 3.12. The largest absolute Gasteiger partial charge is 0.484 e. The Hall–Kier alpha value is -2.60. The van der Waals surface area contributed by atoms with Crippen LogP contribution >= 0.6 is 11.8 Å². The fourth-order valence-corrected chi connectivity index (χ4v) is 3.25. The van der Waals surface area contributed by atoms with Crippen molar-refractivity contribution in [1.82, 2.24) is 10.2 Å². The Morgan fingerprint density at radius 3 is 2.54 bits per heavy atom. The molecule has 0 N–H and O–H groups in total. The highest BCUT2D eigenvalue weighted by molar-refractivity contribution is 7.99. The quantitative estimate of drug-likeness (QED) is 0.402. The summed E-state index contributed by atoms with van der Waals surface area (Å²) in [6, 6.07) is 15.5. The lowest BCUT2D eigenvalue weighted by Gasteiger charge is -2.18. The summed E-state index contributed by atoms with van der Waals surface area (Å²) < 4.78 is 11.2. The molecule has 28 heavy (non-hydrogen) atoms. The molecule has 0 aliphatic rings. The number of carbonyl (C=O) groups excluding carboxylic acids is 1. The van der Waals surface area contributed by atoms with E-state index in [1.807, 2.05) is 55.5 Å². The van der Waals surface area contributed by atoms with Crippen LogP contribution in [0.2, 0.25) is 0 Å². The van der Waals surface area contributed by atoms with E-state index >= 15 is 0 Å². The zero-order chi connectivity index (χ0) is 20.1. The molecule has 2 aromatic carbocycles. The highest BCUT2D eigenvalue weighted by Crippen LogP contribution is 2.23. The van der Waals surface area contributed by atoms with Crippen molar-refractivity contribution in [2.24, 2.45) is 0 Å². The lowest BCUT2D eigenvalue weighted by Crippen LogP contribution is -2.11. The van der Waals surface area contributed by atoms with Crippen molar-refractivity contribution in [3.05, 3.63) is 71.1 Å². The number of ether oxygens (including phenoxy) is 1. The number of hydrogen-bond acceptors (Lipinski definition) is 6. The van der Waals surface area contributed by atoms with Crippen molar-refractivity contribution in [3.63, 3.8) is 0 Å². The number of rotatable bonds is 7. The Kier molecular flexibility index (Phi) is 6.19. The second kappa shape index (κ2) is 8.61. The molecule has 0 radical (unpaired) electrons. The third-order valence-electron chi connectivity index (χ3n) is 4.20. The van der Waals surface area contributed by atoms with Gasteiger partial charge in [0.2, 0.25) is 0 Å². The molecule has 6 heteroatoms. The summed E-state index contributed by atoms with van der Waals surface area (Å²) in [7, 11) is 0. The van der Waals surface area contributed by atoms with Crippen LogP contribution in [0.3, 0.4) is 0 Å². The van der Waals surface area contributed by atoms with Crippen LogP contribution in [0.1, 0.15) is 48.1 Å². The van der Waals surface area contributed by atoms with E-state index in [1.165, 1.54) is 17.3 Å². The van der Waals surface area contributed by atoms with Gasteiger partial charge < -0.3 is 9.15 Å². The molecule has 0 amide bonds. The second-order valence-electron chi connectivity index (χ2n) is 7.61. The minimum absolute atomic E-state index is 0.0289. The Morgan fingerprint density at radius 2 is 1.86 bits per heavy atom. The van der Waals surface area contributed by atoms with Crippen molar-refractivity contribution >= 4 is 17.5 Å². The van der Waals surface area contributed by atoms with Crippen LogP contribution in [0.15, 0.2) is 58.2 Å². The Bertz CT molecular complexity index is 943. The van der Waals surface area contributed by atoms with Gasteiger partial charge in [0.1, 0.15) is 5.75 Å². The Balaban J connectivity index is 1.51. The van der Waals surface area contributed by atoms with Gasteiger partial charge in [-0.3, -0.25) is 4.79 Å². The van der Waals surface area contributed by atoms with Crippen molar-refractivity contribution < 1.29 is 13.9 Å². The van der Waals surface area contributed by atoms with Gasteiger partial charge in [-0.15, -0.1) is 10.2 Å². The third-order valence-corrected chi connectivity index (χ3v) is 5.02. The van der Waals surface area contributed by atoms with E-state index in [4.69, 9.17) is 9.15 Å². The average molecular weight is 397 g/mol. The molecule has 0 fully saturated rings. The van der Waals surface area contributed by atoms with Gasteiger partial charge in [-0.2, -0.15) is 0 Å². The first-order chi connectivity index (χ1) is 13.3.